The summed E-state index contributed by atoms with van der Waals surface area (Å²) in [6.07, 6.45) is 2.04. The minimum Gasteiger partial charge on any atom is -0.362 e. The Hall–Kier alpha value is -1.03. The van der Waals surface area contributed by atoms with Gasteiger partial charge in [0, 0.05) is 17.8 Å². The molecule has 0 amide bonds. The molecule has 104 valence electrons. The molecule has 1 saturated heterocycles. The van der Waals surface area contributed by atoms with Gasteiger partial charge in [0.2, 0.25) is 0 Å². The van der Waals surface area contributed by atoms with Gasteiger partial charge in [-0.25, -0.2) is 4.39 Å². The first-order chi connectivity index (χ1) is 9.04. The smallest absolute Gasteiger partial charge is 0.157 e. The minimum atomic E-state index is -0.167. The van der Waals surface area contributed by atoms with Crippen LogP contribution in [0, 0.1) is 12.7 Å². The van der Waals surface area contributed by atoms with Gasteiger partial charge < -0.3 is 5.32 Å². The van der Waals surface area contributed by atoms with Crippen LogP contribution in [0.2, 0.25) is 0 Å². The lowest BCUT2D eigenvalue weighted by atomic mass is 10.1. The number of nitrogens with one attached hydrogen (secondary N) is 1. The van der Waals surface area contributed by atoms with Gasteiger partial charge in [0.25, 0.3) is 0 Å². The number of thioether (sulfide) groups is 1. The zero-order valence-corrected chi connectivity index (χ0v) is 12.6. The number of hydrogen-bond acceptors (Lipinski definition) is 2. The summed E-state index contributed by atoms with van der Waals surface area (Å²) in [6, 6.07) is 5.47. The van der Waals surface area contributed by atoms with E-state index in [1.54, 1.807) is 6.07 Å². The maximum atomic E-state index is 13.0. The SMILES string of the molecule is Cc1cc(F)ccc1CCN=C1NC(C)CC(C)S1. The lowest BCUT2D eigenvalue weighted by molar-refractivity contribution is 0.597. The van der Waals surface area contributed by atoms with Gasteiger partial charge in [-0.05, 0) is 49.9 Å². The molecule has 1 heterocycles. The fraction of sp³-hybridized carbons (Fsp3) is 0.533. The van der Waals surface area contributed by atoms with E-state index in [0.717, 1.165) is 23.7 Å². The Bertz CT molecular complexity index is 461. The zero-order chi connectivity index (χ0) is 13.8. The fourth-order valence-corrected chi connectivity index (χ4v) is 3.54. The third-order valence-corrected chi connectivity index (χ3v) is 4.37. The molecule has 1 aliphatic rings. The van der Waals surface area contributed by atoms with Crippen LogP contribution >= 0.6 is 11.8 Å². The van der Waals surface area contributed by atoms with Crippen LogP contribution < -0.4 is 5.32 Å². The highest BCUT2D eigenvalue weighted by molar-refractivity contribution is 8.14. The summed E-state index contributed by atoms with van der Waals surface area (Å²) in [6.45, 7) is 7.13. The molecule has 1 aromatic rings. The van der Waals surface area contributed by atoms with Gasteiger partial charge in [0.15, 0.2) is 5.17 Å². The molecule has 2 atom stereocenters. The fourth-order valence-electron chi connectivity index (χ4n) is 2.34. The lowest BCUT2D eigenvalue weighted by Gasteiger charge is -2.26. The van der Waals surface area contributed by atoms with Crippen molar-refractivity contribution < 1.29 is 4.39 Å². The van der Waals surface area contributed by atoms with Crippen LogP contribution in [-0.4, -0.2) is 23.0 Å². The summed E-state index contributed by atoms with van der Waals surface area (Å²) < 4.78 is 13.0. The van der Waals surface area contributed by atoms with E-state index in [-0.39, 0.29) is 5.82 Å². The van der Waals surface area contributed by atoms with Gasteiger partial charge >= 0.3 is 0 Å². The molecule has 1 aromatic carbocycles. The monoisotopic (exact) mass is 280 g/mol. The number of benzene rings is 1. The van der Waals surface area contributed by atoms with E-state index < -0.39 is 0 Å². The van der Waals surface area contributed by atoms with Crippen molar-refractivity contribution in [2.24, 2.45) is 4.99 Å². The minimum absolute atomic E-state index is 0.167. The Balaban J connectivity index is 1.92. The van der Waals surface area contributed by atoms with Gasteiger partial charge in [-0.3, -0.25) is 4.99 Å². The molecule has 0 aliphatic carbocycles. The average molecular weight is 280 g/mol. The Morgan fingerprint density at radius 3 is 2.89 bits per heavy atom. The van der Waals surface area contributed by atoms with E-state index in [1.165, 1.54) is 18.1 Å². The predicted octanol–water partition coefficient (Wildman–Crippen LogP) is 3.54. The van der Waals surface area contributed by atoms with E-state index in [4.69, 9.17) is 0 Å². The number of aryl methyl sites for hydroxylation is 1. The Labute approximate surface area is 118 Å². The molecule has 0 spiro atoms. The first-order valence-electron chi connectivity index (χ1n) is 6.77. The third-order valence-electron chi connectivity index (χ3n) is 3.31. The second-order valence-corrected chi connectivity index (χ2v) is 6.64. The third kappa shape index (κ3) is 4.23. The quantitative estimate of drug-likeness (QED) is 0.916. The molecule has 0 saturated carbocycles. The molecule has 19 heavy (non-hydrogen) atoms. The molecular weight excluding hydrogens is 259 g/mol. The van der Waals surface area contributed by atoms with Crippen LogP contribution in [0.25, 0.3) is 0 Å². The zero-order valence-electron chi connectivity index (χ0n) is 11.7. The van der Waals surface area contributed by atoms with Crippen molar-refractivity contribution in [2.45, 2.75) is 44.9 Å². The maximum Gasteiger partial charge on any atom is 0.157 e. The first kappa shape index (κ1) is 14.4. The molecule has 1 fully saturated rings. The van der Waals surface area contributed by atoms with Crippen molar-refractivity contribution in [3.63, 3.8) is 0 Å². The highest BCUT2D eigenvalue weighted by atomic mass is 32.2. The standard InChI is InChI=1S/C15H21FN2S/c1-10-8-14(16)5-4-13(10)6-7-17-15-18-11(2)9-12(3)19-15/h4-5,8,11-12H,6-7,9H2,1-3H3,(H,17,18). The Morgan fingerprint density at radius 1 is 1.42 bits per heavy atom. The molecule has 1 N–H and O–H groups in total. The van der Waals surface area contributed by atoms with E-state index in [9.17, 15) is 4.39 Å². The van der Waals surface area contributed by atoms with Crippen molar-refractivity contribution in [1.29, 1.82) is 0 Å². The summed E-state index contributed by atoms with van der Waals surface area (Å²) in [7, 11) is 0. The van der Waals surface area contributed by atoms with Gasteiger partial charge in [-0.2, -0.15) is 0 Å². The average Bonchev–Trinajstić information content (AvgIpc) is 2.30. The summed E-state index contributed by atoms with van der Waals surface area (Å²) >= 11 is 1.81. The molecule has 0 radical (unpaired) electrons. The summed E-state index contributed by atoms with van der Waals surface area (Å²) in [5.74, 6) is -0.167. The van der Waals surface area contributed by atoms with Crippen molar-refractivity contribution in [3.05, 3.63) is 35.1 Å². The lowest BCUT2D eigenvalue weighted by Crippen LogP contribution is -2.38. The van der Waals surface area contributed by atoms with Gasteiger partial charge in [0.1, 0.15) is 5.82 Å². The molecule has 0 bridgehead atoms. The molecule has 0 aromatic heterocycles. The van der Waals surface area contributed by atoms with Crippen LogP contribution in [0.5, 0.6) is 0 Å². The second kappa shape index (κ2) is 6.42. The molecule has 2 unspecified atom stereocenters. The number of amidine groups is 1. The number of hydrogen-bond donors (Lipinski definition) is 1. The highest BCUT2D eigenvalue weighted by Gasteiger charge is 2.19. The Morgan fingerprint density at radius 2 is 2.21 bits per heavy atom. The van der Waals surface area contributed by atoms with E-state index >= 15 is 0 Å². The van der Waals surface area contributed by atoms with E-state index in [0.29, 0.717) is 11.3 Å². The van der Waals surface area contributed by atoms with Crippen molar-refractivity contribution in [2.75, 3.05) is 6.54 Å². The molecule has 4 heteroatoms. The molecule has 2 rings (SSSR count). The largest absolute Gasteiger partial charge is 0.362 e. The molecular formula is C15H21FN2S. The summed E-state index contributed by atoms with van der Waals surface area (Å²) in [5, 5.41) is 5.08. The molecule has 2 nitrogen and oxygen atoms in total. The number of nitrogens with zero attached hydrogens (tertiary/aromatic N) is 1. The number of aliphatic imine (C=N–C) groups is 1. The normalized spacial score (nSPS) is 25.4. The van der Waals surface area contributed by atoms with Crippen LogP contribution in [0.4, 0.5) is 4.39 Å². The topological polar surface area (TPSA) is 24.4 Å². The van der Waals surface area contributed by atoms with Crippen molar-refractivity contribution >= 4 is 16.9 Å². The number of rotatable bonds is 3. The highest BCUT2D eigenvalue weighted by Crippen LogP contribution is 2.22. The van der Waals surface area contributed by atoms with Gasteiger partial charge in [-0.1, -0.05) is 24.8 Å². The van der Waals surface area contributed by atoms with Crippen molar-refractivity contribution in [3.8, 4) is 0 Å². The van der Waals surface area contributed by atoms with Crippen LogP contribution in [0.15, 0.2) is 23.2 Å². The number of halogens is 1. The van der Waals surface area contributed by atoms with E-state index in [2.05, 4.69) is 24.2 Å². The Kier molecular flexibility index (Phi) is 4.86. The van der Waals surface area contributed by atoms with Gasteiger partial charge in [-0.15, -0.1) is 0 Å². The summed E-state index contributed by atoms with van der Waals surface area (Å²) in [5.41, 5.74) is 2.18. The first-order valence-corrected chi connectivity index (χ1v) is 7.65. The van der Waals surface area contributed by atoms with Crippen LogP contribution in [0.1, 0.15) is 31.4 Å². The second-order valence-electron chi connectivity index (χ2n) is 5.22. The maximum absolute atomic E-state index is 13.0. The molecule has 1 aliphatic heterocycles. The summed E-state index contributed by atoms with van der Waals surface area (Å²) in [4.78, 5) is 4.62. The van der Waals surface area contributed by atoms with Gasteiger partial charge in [0.05, 0.1) is 0 Å². The van der Waals surface area contributed by atoms with E-state index in [1.807, 2.05) is 24.8 Å². The van der Waals surface area contributed by atoms with Crippen molar-refractivity contribution in [1.82, 2.24) is 5.32 Å². The van der Waals surface area contributed by atoms with Crippen LogP contribution in [-0.2, 0) is 6.42 Å². The van der Waals surface area contributed by atoms with Crippen LogP contribution in [0.3, 0.4) is 0 Å². The predicted molar refractivity (Wildman–Crippen MR) is 81.4 cm³/mol.